The zero-order chi connectivity index (χ0) is 38.2. The topological polar surface area (TPSA) is 157 Å². The molecule has 0 radical (unpaired) electrons. The van der Waals surface area contributed by atoms with Crippen LogP contribution in [0.15, 0.2) is 122 Å². The van der Waals surface area contributed by atoms with Crippen LogP contribution in [-0.2, 0) is 37.9 Å². The number of carbonyl (C=O) groups excluding carboxylic acids is 1. The summed E-state index contributed by atoms with van der Waals surface area (Å²) in [7, 11) is -3.96. The van der Waals surface area contributed by atoms with E-state index in [0.29, 0.717) is 22.3 Å². The first-order chi connectivity index (χ1) is 25.3. The molecule has 16 heteroatoms. The van der Waals surface area contributed by atoms with E-state index < -0.39 is 32.5 Å². The molecule has 0 bridgehead atoms. The number of anilines is 1. The summed E-state index contributed by atoms with van der Waals surface area (Å²) in [5.41, 5.74) is 4.17. The van der Waals surface area contributed by atoms with E-state index >= 15 is 0 Å². The second-order valence-corrected chi connectivity index (χ2v) is 15.8. The molecule has 0 aliphatic heterocycles. The van der Waals surface area contributed by atoms with Gasteiger partial charge in [-0.1, -0.05) is 41.4 Å². The monoisotopic (exact) mass is 780 g/mol. The van der Waals surface area contributed by atoms with Crippen LogP contribution in [0, 0.1) is 6.92 Å². The number of amides is 1. The van der Waals surface area contributed by atoms with Gasteiger partial charge in [-0.25, -0.2) is 22.3 Å². The third-order valence-corrected chi connectivity index (χ3v) is 11.7. The minimum atomic E-state index is -4.31. The van der Waals surface area contributed by atoms with Crippen LogP contribution >= 0.6 is 11.6 Å². The van der Waals surface area contributed by atoms with Crippen LogP contribution in [0.2, 0.25) is 5.02 Å². The molecule has 0 spiro atoms. The van der Waals surface area contributed by atoms with E-state index in [1.54, 1.807) is 72.8 Å². The Morgan fingerprint density at radius 2 is 1.43 bits per heavy atom. The van der Waals surface area contributed by atoms with Gasteiger partial charge in [-0.15, -0.1) is 0 Å². The first-order valence-electron chi connectivity index (χ1n) is 15.9. The Bertz CT molecular complexity index is 2280. The van der Waals surface area contributed by atoms with Crippen LogP contribution in [0.3, 0.4) is 0 Å². The summed E-state index contributed by atoms with van der Waals surface area (Å²) in [4.78, 5) is 13.1. The number of sulfonamides is 2. The lowest BCUT2D eigenvalue weighted by molar-refractivity contribution is -0.119. The highest BCUT2D eigenvalue weighted by Crippen LogP contribution is 2.33. The molecule has 5 rings (SSSR count). The lowest BCUT2D eigenvalue weighted by Crippen LogP contribution is -2.39. The number of methoxy groups -OCH3 is 3. The van der Waals surface area contributed by atoms with Gasteiger partial charge in [0.1, 0.15) is 23.8 Å². The number of halogens is 1. The zero-order valence-corrected chi connectivity index (χ0v) is 31.6. The van der Waals surface area contributed by atoms with E-state index in [2.05, 4.69) is 10.5 Å². The summed E-state index contributed by atoms with van der Waals surface area (Å²) >= 11 is 6.04. The molecule has 0 saturated carbocycles. The molecule has 1 amide bonds. The fraction of sp³-hybridized carbons (Fsp3) is 0.189. The summed E-state index contributed by atoms with van der Waals surface area (Å²) in [6.07, 6.45) is 1.22. The van der Waals surface area contributed by atoms with Crippen molar-refractivity contribution in [3.8, 4) is 17.2 Å². The number of carbonyl (C=O) groups is 1. The lowest BCUT2D eigenvalue weighted by Gasteiger charge is -2.24. The Balaban J connectivity index is 1.32. The molecular formula is C37H37ClN4O9S2. The number of furan rings is 1. The molecule has 0 fully saturated rings. The molecule has 0 saturated heterocycles. The number of benzene rings is 4. The van der Waals surface area contributed by atoms with Crippen molar-refractivity contribution in [1.82, 2.24) is 9.73 Å². The summed E-state index contributed by atoms with van der Waals surface area (Å²) in [6, 6.07) is 26.8. The molecule has 0 aliphatic carbocycles. The maximum absolute atomic E-state index is 13.9. The Hall–Kier alpha value is -5.35. The molecular weight excluding hydrogens is 744 g/mol. The molecule has 13 nitrogen and oxygen atoms in total. The van der Waals surface area contributed by atoms with Gasteiger partial charge in [0.15, 0.2) is 11.5 Å². The smallest absolute Gasteiger partial charge is 0.264 e. The maximum Gasteiger partial charge on any atom is 0.264 e. The van der Waals surface area contributed by atoms with E-state index in [0.717, 1.165) is 15.4 Å². The molecule has 5 aromatic rings. The van der Waals surface area contributed by atoms with Gasteiger partial charge in [-0.05, 0) is 85.3 Å². The summed E-state index contributed by atoms with van der Waals surface area (Å²) in [6.45, 7) is 1.17. The number of aryl methyl sites for hydroxylation is 1. The highest BCUT2D eigenvalue weighted by Gasteiger charge is 2.29. The van der Waals surface area contributed by atoms with Gasteiger partial charge in [0.25, 0.3) is 15.9 Å². The number of nitrogens with zero attached hydrogens (tertiary/aromatic N) is 3. The Morgan fingerprint density at radius 3 is 2.08 bits per heavy atom. The molecule has 0 aliphatic rings. The van der Waals surface area contributed by atoms with Crippen molar-refractivity contribution >= 4 is 49.5 Å². The lowest BCUT2D eigenvalue weighted by atomic mass is 10.2. The first kappa shape index (κ1) is 38.9. The van der Waals surface area contributed by atoms with Crippen LogP contribution in [0.4, 0.5) is 5.69 Å². The summed E-state index contributed by atoms with van der Waals surface area (Å²) in [5, 5.41) is 4.48. The fourth-order valence-electron chi connectivity index (χ4n) is 5.10. The van der Waals surface area contributed by atoms with Crippen molar-refractivity contribution in [3.05, 3.63) is 131 Å². The van der Waals surface area contributed by atoms with E-state index in [1.165, 1.54) is 62.2 Å². The predicted molar refractivity (Wildman–Crippen MR) is 201 cm³/mol. The number of hydrogen-bond donors (Lipinski definition) is 1. The number of hydrazone groups is 1. The van der Waals surface area contributed by atoms with Crippen molar-refractivity contribution in [2.45, 2.75) is 29.8 Å². The normalized spacial score (nSPS) is 11.8. The molecule has 278 valence electrons. The summed E-state index contributed by atoms with van der Waals surface area (Å²) < 4.78 is 79.1. The van der Waals surface area contributed by atoms with Crippen molar-refractivity contribution in [3.63, 3.8) is 0 Å². The SMILES string of the molecule is COc1ccc(N(CC(=O)N/N=C\c2ccc(CN(Cc3ccc(Cl)cc3)S(=O)(=O)c3ccc(C)cc3)o2)S(=O)(=O)c2ccc(OC)c(OC)c2)cc1. The fourth-order valence-corrected chi connectivity index (χ4v) is 8.06. The van der Waals surface area contributed by atoms with Crippen LogP contribution in [0.5, 0.6) is 17.2 Å². The van der Waals surface area contributed by atoms with Crippen molar-refractivity contribution in [1.29, 1.82) is 0 Å². The van der Waals surface area contributed by atoms with Crippen molar-refractivity contribution < 1.29 is 40.3 Å². The average Bonchev–Trinajstić information content (AvgIpc) is 3.61. The molecule has 0 unspecified atom stereocenters. The molecule has 0 atom stereocenters. The molecule has 4 aromatic carbocycles. The minimum Gasteiger partial charge on any atom is -0.497 e. The zero-order valence-electron chi connectivity index (χ0n) is 29.2. The predicted octanol–water partition coefficient (Wildman–Crippen LogP) is 6.00. The second-order valence-electron chi connectivity index (χ2n) is 11.5. The van der Waals surface area contributed by atoms with E-state index in [1.807, 2.05) is 6.92 Å². The Kier molecular flexibility index (Phi) is 12.5. The standard InChI is InChI=1S/C37H37ClN4O9S2/c1-26-5-17-33(18-6-26)52(44,45)41(23-27-7-9-28(38)10-8-27)24-32-16-15-31(51-32)22-39-40-37(43)25-42(29-11-13-30(48-2)14-12-29)53(46,47)34-19-20-35(49-3)36(21-34)50-4/h5-22H,23-25H2,1-4H3,(H,40,43)/b39-22-. The van der Waals surface area contributed by atoms with Gasteiger partial charge in [0, 0.05) is 17.6 Å². The van der Waals surface area contributed by atoms with Crippen molar-refractivity contribution in [2.75, 3.05) is 32.2 Å². The van der Waals surface area contributed by atoms with Crippen LogP contribution in [0.25, 0.3) is 0 Å². The number of ether oxygens (including phenoxy) is 3. The van der Waals surface area contributed by atoms with E-state index in [-0.39, 0.29) is 40.1 Å². The largest absolute Gasteiger partial charge is 0.497 e. The van der Waals surface area contributed by atoms with Crippen LogP contribution < -0.4 is 23.9 Å². The highest BCUT2D eigenvalue weighted by atomic mass is 35.5. The highest BCUT2D eigenvalue weighted by molar-refractivity contribution is 7.92. The second kappa shape index (κ2) is 17.0. The van der Waals surface area contributed by atoms with Gasteiger partial charge in [0.05, 0.1) is 49.6 Å². The quantitative estimate of drug-likeness (QED) is 0.0937. The van der Waals surface area contributed by atoms with Gasteiger partial charge in [-0.3, -0.25) is 9.10 Å². The van der Waals surface area contributed by atoms with Crippen LogP contribution in [0.1, 0.15) is 22.6 Å². The molecule has 53 heavy (non-hydrogen) atoms. The molecule has 1 aromatic heterocycles. The maximum atomic E-state index is 13.9. The van der Waals surface area contributed by atoms with Gasteiger partial charge < -0.3 is 18.6 Å². The first-order valence-corrected chi connectivity index (χ1v) is 19.2. The van der Waals surface area contributed by atoms with Crippen LogP contribution in [-0.4, -0.2) is 61.1 Å². The molecule has 1 heterocycles. The number of rotatable bonds is 16. The van der Waals surface area contributed by atoms with Crippen molar-refractivity contribution in [2.24, 2.45) is 5.10 Å². The summed E-state index contributed by atoms with van der Waals surface area (Å²) in [5.74, 6) is 0.781. The Labute approximate surface area is 313 Å². The van der Waals surface area contributed by atoms with E-state index in [9.17, 15) is 21.6 Å². The number of hydrogen-bond acceptors (Lipinski definition) is 10. The third-order valence-electron chi connectivity index (χ3n) is 7.92. The van der Waals surface area contributed by atoms with Gasteiger partial charge in [0.2, 0.25) is 10.0 Å². The van der Waals surface area contributed by atoms with E-state index in [4.69, 9.17) is 30.2 Å². The van der Waals surface area contributed by atoms with Gasteiger partial charge in [-0.2, -0.15) is 9.41 Å². The molecule has 1 N–H and O–H groups in total. The number of nitrogens with one attached hydrogen (secondary N) is 1. The minimum absolute atomic E-state index is 0.0461. The average molecular weight is 781 g/mol. The Morgan fingerprint density at radius 1 is 0.774 bits per heavy atom. The third kappa shape index (κ3) is 9.56. The van der Waals surface area contributed by atoms with Gasteiger partial charge >= 0.3 is 0 Å².